The van der Waals surface area contributed by atoms with Gasteiger partial charge in [-0.1, -0.05) is 6.07 Å². The summed E-state index contributed by atoms with van der Waals surface area (Å²) in [6.45, 7) is 1.53. The number of thioether (sulfide) groups is 1. The quantitative estimate of drug-likeness (QED) is 0.428. The largest absolute Gasteiger partial charge is 0.340 e. The van der Waals surface area contributed by atoms with E-state index in [9.17, 15) is 24.5 Å². The number of likely N-dealkylation sites (tertiary alicyclic amines) is 1. The van der Waals surface area contributed by atoms with Gasteiger partial charge in [-0.25, -0.2) is 0 Å². The Labute approximate surface area is 196 Å². The van der Waals surface area contributed by atoms with Crippen LogP contribution in [0.3, 0.4) is 0 Å². The minimum atomic E-state index is -0.824. The van der Waals surface area contributed by atoms with E-state index in [1.54, 1.807) is 24.3 Å². The Morgan fingerprint density at radius 2 is 1.79 bits per heavy atom. The third kappa shape index (κ3) is 6.55. The first kappa shape index (κ1) is 24.2. The Morgan fingerprint density at radius 1 is 1.09 bits per heavy atom. The number of nitro benzene ring substituents is 1. The van der Waals surface area contributed by atoms with Crippen molar-refractivity contribution in [2.45, 2.75) is 25.3 Å². The number of non-ortho nitro benzene ring substituents is 1. The van der Waals surface area contributed by atoms with E-state index in [2.05, 4.69) is 10.6 Å². The maximum Gasteiger partial charge on any atom is 0.270 e. The van der Waals surface area contributed by atoms with Crippen molar-refractivity contribution in [3.63, 3.8) is 0 Å². The van der Waals surface area contributed by atoms with Crippen LogP contribution in [0.1, 0.15) is 40.0 Å². The lowest BCUT2D eigenvalue weighted by Gasteiger charge is -2.19. The zero-order valence-electron chi connectivity index (χ0n) is 18.3. The molecule has 2 aromatic rings. The number of carbonyl (C=O) groups is 3. The molecule has 1 unspecified atom stereocenters. The predicted molar refractivity (Wildman–Crippen MR) is 128 cm³/mol. The van der Waals surface area contributed by atoms with Crippen LogP contribution in [0, 0.1) is 10.1 Å². The molecule has 1 heterocycles. The average molecular weight is 471 g/mol. The van der Waals surface area contributed by atoms with Gasteiger partial charge in [-0.15, -0.1) is 0 Å². The highest BCUT2D eigenvalue weighted by Gasteiger charge is 2.23. The average Bonchev–Trinajstić information content (AvgIpc) is 3.36. The number of amides is 3. The molecular weight excluding hydrogens is 444 g/mol. The molecule has 9 nitrogen and oxygen atoms in total. The highest BCUT2D eigenvalue weighted by molar-refractivity contribution is 7.98. The van der Waals surface area contributed by atoms with Crippen LogP contribution in [0.25, 0.3) is 0 Å². The van der Waals surface area contributed by atoms with Gasteiger partial charge in [0, 0.05) is 42.0 Å². The van der Waals surface area contributed by atoms with Gasteiger partial charge >= 0.3 is 0 Å². The minimum Gasteiger partial charge on any atom is -0.340 e. The molecule has 3 amide bonds. The van der Waals surface area contributed by atoms with Gasteiger partial charge in [0.15, 0.2) is 0 Å². The summed E-state index contributed by atoms with van der Waals surface area (Å²) in [5, 5.41) is 16.4. The van der Waals surface area contributed by atoms with Gasteiger partial charge in [0.05, 0.1) is 4.92 Å². The van der Waals surface area contributed by atoms with Gasteiger partial charge in [0.25, 0.3) is 17.5 Å². The molecule has 0 saturated carbocycles. The van der Waals surface area contributed by atoms with E-state index in [1.807, 2.05) is 11.2 Å². The molecule has 1 fully saturated rings. The maximum atomic E-state index is 12.9. The molecule has 0 aliphatic carbocycles. The van der Waals surface area contributed by atoms with Crippen LogP contribution < -0.4 is 10.6 Å². The van der Waals surface area contributed by atoms with Crippen LogP contribution in [-0.2, 0) is 4.79 Å². The van der Waals surface area contributed by atoms with Crippen molar-refractivity contribution in [2.24, 2.45) is 0 Å². The van der Waals surface area contributed by atoms with Crippen LogP contribution in [0.5, 0.6) is 0 Å². The van der Waals surface area contributed by atoms with Gasteiger partial charge in [-0.2, -0.15) is 11.8 Å². The number of nitrogens with one attached hydrogen (secondary N) is 2. The molecule has 0 spiro atoms. The van der Waals surface area contributed by atoms with Crippen LogP contribution in [-0.4, -0.2) is 58.7 Å². The molecule has 1 aliphatic rings. The fourth-order valence-electron chi connectivity index (χ4n) is 3.54. The summed E-state index contributed by atoms with van der Waals surface area (Å²) in [6.07, 6.45) is 4.31. The van der Waals surface area contributed by atoms with Crippen molar-refractivity contribution in [1.82, 2.24) is 10.2 Å². The molecule has 174 valence electrons. The normalized spacial score (nSPS) is 13.9. The fraction of sp³-hybridized carbons (Fsp3) is 0.348. The molecule has 0 radical (unpaired) electrons. The molecule has 2 N–H and O–H groups in total. The maximum absolute atomic E-state index is 12.9. The summed E-state index contributed by atoms with van der Waals surface area (Å²) in [5.74, 6) is -0.350. The van der Waals surface area contributed by atoms with Gasteiger partial charge in [0.2, 0.25) is 5.91 Å². The summed E-state index contributed by atoms with van der Waals surface area (Å²) in [5.41, 5.74) is 0.983. The number of hydrogen-bond acceptors (Lipinski definition) is 6. The van der Waals surface area contributed by atoms with E-state index in [0.717, 1.165) is 25.9 Å². The van der Waals surface area contributed by atoms with E-state index in [-0.39, 0.29) is 17.2 Å². The number of rotatable bonds is 9. The monoisotopic (exact) mass is 470 g/mol. The van der Waals surface area contributed by atoms with E-state index in [0.29, 0.717) is 23.4 Å². The van der Waals surface area contributed by atoms with Crippen LogP contribution in [0.2, 0.25) is 0 Å². The standard InChI is InChI=1S/C23H26N4O5S/c1-33-14-11-20(25-21(28)17-5-4-6-19(15-17)27(31)32)22(29)24-18-9-7-16(8-10-18)23(30)26-12-2-3-13-26/h4-10,15,20H,2-3,11-14H2,1H3,(H,24,29)(H,25,28). The smallest absolute Gasteiger partial charge is 0.270 e. The Hall–Kier alpha value is -3.40. The number of nitrogens with zero attached hydrogens (tertiary/aromatic N) is 2. The minimum absolute atomic E-state index is 0.0209. The molecule has 1 saturated heterocycles. The number of hydrogen-bond donors (Lipinski definition) is 2. The second-order valence-electron chi connectivity index (χ2n) is 7.68. The van der Waals surface area contributed by atoms with Crippen molar-refractivity contribution in [2.75, 3.05) is 30.4 Å². The van der Waals surface area contributed by atoms with Gasteiger partial charge < -0.3 is 15.5 Å². The van der Waals surface area contributed by atoms with Crippen molar-refractivity contribution in [1.29, 1.82) is 0 Å². The number of nitro groups is 1. The molecule has 0 bridgehead atoms. The summed E-state index contributed by atoms with van der Waals surface area (Å²) in [7, 11) is 0. The molecular formula is C23H26N4O5S. The highest BCUT2D eigenvalue weighted by atomic mass is 32.2. The lowest BCUT2D eigenvalue weighted by Crippen LogP contribution is -2.44. The van der Waals surface area contributed by atoms with Gasteiger partial charge in [-0.05, 0) is 61.6 Å². The van der Waals surface area contributed by atoms with Crippen molar-refractivity contribution < 1.29 is 19.3 Å². The first-order valence-corrected chi connectivity index (χ1v) is 12.0. The van der Waals surface area contributed by atoms with E-state index in [1.165, 1.54) is 36.0 Å². The third-order valence-electron chi connectivity index (χ3n) is 5.34. The predicted octanol–water partition coefficient (Wildman–Crippen LogP) is 3.32. The molecule has 0 aromatic heterocycles. The number of benzene rings is 2. The Morgan fingerprint density at radius 3 is 2.42 bits per heavy atom. The van der Waals surface area contributed by atoms with Crippen LogP contribution >= 0.6 is 11.8 Å². The van der Waals surface area contributed by atoms with Crippen molar-refractivity contribution in [3.05, 3.63) is 69.8 Å². The summed E-state index contributed by atoms with van der Waals surface area (Å²) in [4.78, 5) is 50.2. The molecule has 33 heavy (non-hydrogen) atoms. The summed E-state index contributed by atoms with van der Waals surface area (Å²) < 4.78 is 0. The lowest BCUT2D eigenvalue weighted by atomic mass is 10.1. The topological polar surface area (TPSA) is 122 Å². The molecule has 1 atom stereocenters. The van der Waals surface area contributed by atoms with E-state index in [4.69, 9.17) is 0 Å². The van der Waals surface area contributed by atoms with E-state index >= 15 is 0 Å². The number of carbonyl (C=O) groups excluding carboxylic acids is 3. The number of anilines is 1. The third-order valence-corrected chi connectivity index (χ3v) is 5.99. The zero-order chi connectivity index (χ0) is 23.8. The summed E-state index contributed by atoms with van der Waals surface area (Å²) >= 11 is 1.54. The fourth-order valence-corrected chi connectivity index (χ4v) is 4.01. The molecule has 2 aromatic carbocycles. The van der Waals surface area contributed by atoms with Crippen LogP contribution in [0.4, 0.5) is 11.4 Å². The van der Waals surface area contributed by atoms with Crippen molar-refractivity contribution in [3.8, 4) is 0 Å². The Kier molecular flexibility index (Phi) is 8.42. The molecule has 1 aliphatic heterocycles. The Bertz CT molecular complexity index is 1020. The molecule has 10 heteroatoms. The lowest BCUT2D eigenvalue weighted by molar-refractivity contribution is -0.384. The van der Waals surface area contributed by atoms with Gasteiger partial charge in [-0.3, -0.25) is 24.5 Å². The second-order valence-corrected chi connectivity index (χ2v) is 8.67. The first-order chi connectivity index (χ1) is 15.9. The first-order valence-electron chi connectivity index (χ1n) is 10.6. The zero-order valence-corrected chi connectivity index (χ0v) is 19.1. The van der Waals surface area contributed by atoms with E-state index < -0.39 is 22.8 Å². The molecule has 3 rings (SSSR count). The highest BCUT2D eigenvalue weighted by Crippen LogP contribution is 2.17. The Balaban J connectivity index is 1.66. The van der Waals surface area contributed by atoms with Gasteiger partial charge in [0.1, 0.15) is 6.04 Å². The SMILES string of the molecule is CSCCC(NC(=O)c1cccc([N+](=O)[O-])c1)C(=O)Nc1ccc(C(=O)N2CCCC2)cc1. The van der Waals surface area contributed by atoms with Crippen molar-refractivity contribution >= 4 is 40.9 Å². The van der Waals surface area contributed by atoms with Crippen LogP contribution in [0.15, 0.2) is 48.5 Å². The second kappa shape index (κ2) is 11.5. The summed E-state index contributed by atoms with van der Waals surface area (Å²) in [6, 6.07) is 11.2.